The normalized spacial score (nSPS) is 14.1. The quantitative estimate of drug-likeness (QED) is 0.393. The van der Waals surface area contributed by atoms with Gasteiger partial charge in [-0.3, -0.25) is 9.59 Å². The van der Waals surface area contributed by atoms with Gasteiger partial charge >= 0.3 is 0 Å². The third-order valence-corrected chi connectivity index (χ3v) is 6.25. The van der Waals surface area contributed by atoms with Gasteiger partial charge in [-0.1, -0.05) is 48.3 Å². The second-order valence-corrected chi connectivity index (χ2v) is 8.87. The number of hydrogen-bond donors (Lipinski definition) is 0. The van der Waals surface area contributed by atoms with Crippen molar-refractivity contribution in [1.82, 2.24) is 0 Å². The van der Waals surface area contributed by atoms with Crippen LogP contribution in [0.3, 0.4) is 0 Å². The molecule has 3 aromatic rings. The van der Waals surface area contributed by atoms with Crippen LogP contribution in [0.25, 0.3) is 0 Å². The van der Waals surface area contributed by atoms with Crippen molar-refractivity contribution < 1.29 is 9.59 Å². The highest BCUT2D eigenvalue weighted by Crippen LogP contribution is 2.33. The monoisotopic (exact) mass is 451 g/mol. The molecule has 0 aromatic heterocycles. The molecule has 4 rings (SSSR count). The molecule has 0 radical (unpaired) electrons. The van der Waals surface area contributed by atoms with Crippen LogP contribution in [0.1, 0.15) is 57.5 Å². The molecule has 0 spiro atoms. The van der Waals surface area contributed by atoms with Crippen LogP contribution < -0.4 is 4.90 Å². The number of carbonyl (C=O) groups is 2. The molecule has 0 bridgehead atoms. The van der Waals surface area contributed by atoms with Crippen molar-refractivity contribution in [2.75, 3.05) is 11.4 Å². The maximum atomic E-state index is 13.1. The molecule has 158 valence electrons. The first-order valence-electron chi connectivity index (χ1n) is 10.4. The summed E-state index contributed by atoms with van der Waals surface area (Å²) in [5.74, 6) is 0.134. The number of halogens is 2. The smallest absolute Gasteiger partial charge is 0.258 e. The van der Waals surface area contributed by atoms with Gasteiger partial charge in [-0.2, -0.15) is 0 Å². The van der Waals surface area contributed by atoms with Crippen molar-refractivity contribution in [3.63, 3.8) is 0 Å². The maximum Gasteiger partial charge on any atom is 0.258 e. The Kier molecular flexibility index (Phi) is 6.45. The summed E-state index contributed by atoms with van der Waals surface area (Å²) >= 11 is 12.0. The lowest BCUT2D eigenvalue weighted by Crippen LogP contribution is -2.35. The van der Waals surface area contributed by atoms with Gasteiger partial charge in [0.05, 0.1) is 0 Å². The minimum absolute atomic E-state index is 0.0397. The van der Waals surface area contributed by atoms with Crippen LogP contribution in [0.15, 0.2) is 66.7 Å². The molecular weight excluding hydrogens is 429 g/mol. The molecule has 1 aliphatic heterocycles. The second-order valence-electron chi connectivity index (χ2n) is 7.99. The second kappa shape index (κ2) is 9.25. The summed E-state index contributed by atoms with van der Waals surface area (Å²) < 4.78 is 0. The van der Waals surface area contributed by atoms with E-state index in [0.29, 0.717) is 34.1 Å². The molecule has 5 heteroatoms. The fourth-order valence-electron chi connectivity index (χ4n) is 4.06. The van der Waals surface area contributed by atoms with Gasteiger partial charge in [0, 0.05) is 39.8 Å². The van der Waals surface area contributed by atoms with Crippen molar-refractivity contribution >= 4 is 40.6 Å². The standard InChI is InChI=1S/C26H23Cl2NO2/c1-17(14-25(30)18-7-10-22(27)11-8-18)19-9-12-24-20(15-19)5-3-13-29(24)26(31)21-4-2-6-23(28)16-21/h2,4,6-12,15-17H,3,5,13-14H2,1H3. The molecule has 1 aliphatic rings. The number of carbonyl (C=O) groups excluding carboxylic acids is 2. The van der Waals surface area contributed by atoms with E-state index in [2.05, 4.69) is 13.0 Å². The van der Waals surface area contributed by atoms with Gasteiger partial charge in [-0.25, -0.2) is 0 Å². The zero-order valence-corrected chi connectivity index (χ0v) is 18.8. The first-order valence-corrected chi connectivity index (χ1v) is 11.2. The number of aryl methyl sites for hydroxylation is 1. The zero-order valence-electron chi connectivity index (χ0n) is 17.3. The largest absolute Gasteiger partial charge is 0.308 e. The third kappa shape index (κ3) is 4.84. The van der Waals surface area contributed by atoms with Crippen LogP contribution >= 0.6 is 23.2 Å². The molecule has 3 nitrogen and oxygen atoms in total. The highest BCUT2D eigenvalue weighted by molar-refractivity contribution is 6.31. The van der Waals surface area contributed by atoms with Gasteiger partial charge in [-0.15, -0.1) is 0 Å². The molecule has 1 heterocycles. The van der Waals surface area contributed by atoms with Crippen LogP contribution in [0.2, 0.25) is 10.0 Å². The highest BCUT2D eigenvalue weighted by Gasteiger charge is 2.25. The summed E-state index contributed by atoms with van der Waals surface area (Å²) in [5, 5.41) is 1.17. The van der Waals surface area contributed by atoms with Gasteiger partial charge in [-0.05, 0) is 78.4 Å². The minimum Gasteiger partial charge on any atom is -0.308 e. The van der Waals surface area contributed by atoms with E-state index in [9.17, 15) is 9.59 Å². The first-order chi connectivity index (χ1) is 14.9. The van der Waals surface area contributed by atoms with E-state index in [1.807, 2.05) is 17.0 Å². The number of benzene rings is 3. The molecule has 0 fully saturated rings. The van der Waals surface area contributed by atoms with E-state index in [4.69, 9.17) is 23.2 Å². The Morgan fingerprint density at radius 2 is 1.71 bits per heavy atom. The molecule has 0 N–H and O–H groups in total. The predicted molar refractivity (Wildman–Crippen MR) is 127 cm³/mol. The van der Waals surface area contributed by atoms with E-state index in [0.717, 1.165) is 29.7 Å². The molecule has 0 saturated carbocycles. The Morgan fingerprint density at radius 1 is 0.935 bits per heavy atom. The van der Waals surface area contributed by atoms with Crippen molar-refractivity contribution in [3.05, 3.63) is 99.0 Å². The minimum atomic E-state index is -0.0397. The van der Waals surface area contributed by atoms with Crippen molar-refractivity contribution in [2.45, 2.75) is 32.1 Å². The number of ketones is 1. The Bertz CT molecular complexity index is 1120. The number of nitrogens with zero attached hydrogens (tertiary/aromatic N) is 1. The molecule has 1 atom stereocenters. The summed E-state index contributed by atoms with van der Waals surface area (Å²) in [6, 6.07) is 20.3. The van der Waals surface area contributed by atoms with E-state index in [1.165, 1.54) is 0 Å². The van der Waals surface area contributed by atoms with Crippen LogP contribution in [0.4, 0.5) is 5.69 Å². The molecule has 31 heavy (non-hydrogen) atoms. The van der Waals surface area contributed by atoms with Gasteiger partial charge in [0.25, 0.3) is 5.91 Å². The maximum absolute atomic E-state index is 13.1. The average Bonchev–Trinajstić information content (AvgIpc) is 2.78. The van der Waals surface area contributed by atoms with Crippen LogP contribution in [0, 0.1) is 0 Å². The number of amides is 1. The lowest BCUT2D eigenvalue weighted by molar-refractivity contribution is 0.0971. The van der Waals surface area contributed by atoms with Crippen molar-refractivity contribution in [1.29, 1.82) is 0 Å². The van der Waals surface area contributed by atoms with Crippen LogP contribution in [-0.2, 0) is 6.42 Å². The SMILES string of the molecule is CC(CC(=O)c1ccc(Cl)cc1)c1ccc2c(c1)CCCN2C(=O)c1cccc(Cl)c1. The summed E-state index contributed by atoms with van der Waals surface area (Å²) in [6.45, 7) is 2.75. The molecule has 1 amide bonds. The predicted octanol–water partition coefficient (Wildman–Crippen LogP) is 6.96. The molecular formula is C26H23Cl2NO2. The summed E-state index contributed by atoms with van der Waals surface area (Å²) in [5.41, 5.74) is 4.46. The van der Waals surface area contributed by atoms with Gasteiger partial charge in [0.2, 0.25) is 0 Å². The summed E-state index contributed by atoms with van der Waals surface area (Å²) in [4.78, 5) is 27.6. The van der Waals surface area contributed by atoms with Crippen molar-refractivity contribution in [2.24, 2.45) is 0 Å². The average molecular weight is 452 g/mol. The van der Waals surface area contributed by atoms with Crippen LogP contribution in [0.5, 0.6) is 0 Å². The number of rotatable bonds is 5. The van der Waals surface area contributed by atoms with E-state index in [-0.39, 0.29) is 17.6 Å². The molecule has 1 unspecified atom stereocenters. The Balaban J connectivity index is 1.53. The lowest BCUT2D eigenvalue weighted by atomic mass is 9.90. The highest BCUT2D eigenvalue weighted by atomic mass is 35.5. The Morgan fingerprint density at radius 3 is 2.45 bits per heavy atom. The summed E-state index contributed by atoms with van der Waals surface area (Å²) in [6.07, 6.45) is 2.24. The van der Waals surface area contributed by atoms with E-state index < -0.39 is 0 Å². The van der Waals surface area contributed by atoms with E-state index in [1.54, 1.807) is 48.5 Å². The number of Topliss-reactive ketones (excluding diaryl/α,β-unsaturated/α-hetero) is 1. The number of hydrogen-bond acceptors (Lipinski definition) is 2. The lowest BCUT2D eigenvalue weighted by Gasteiger charge is -2.30. The zero-order chi connectivity index (χ0) is 22.0. The number of anilines is 1. The van der Waals surface area contributed by atoms with Gasteiger partial charge < -0.3 is 4.90 Å². The van der Waals surface area contributed by atoms with E-state index >= 15 is 0 Å². The molecule has 0 saturated heterocycles. The van der Waals surface area contributed by atoms with Gasteiger partial charge in [0.15, 0.2) is 5.78 Å². The fraction of sp³-hybridized carbons (Fsp3) is 0.231. The van der Waals surface area contributed by atoms with Crippen molar-refractivity contribution in [3.8, 4) is 0 Å². The van der Waals surface area contributed by atoms with Gasteiger partial charge in [0.1, 0.15) is 0 Å². The topological polar surface area (TPSA) is 37.4 Å². The first kappa shape index (κ1) is 21.6. The number of fused-ring (bicyclic) bond motifs is 1. The third-order valence-electron chi connectivity index (χ3n) is 5.77. The molecule has 0 aliphatic carbocycles. The Labute approximate surface area is 192 Å². The van der Waals surface area contributed by atoms with Crippen LogP contribution in [-0.4, -0.2) is 18.2 Å². The fourth-order valence-corrected chi connectivity index (χ4v) is 4.38. The summed E-state index contributed by atoms with van der Waals surface area (Å²) in [7, 11) is 0. The Hall–Kier alpha value is -2.62. The molecule has 3 aromatic carbocycles.